The topological polar surface area (TPSA) is 93.9 Å². The summed E-state index contributed by atoms with van der Waals surface area (Å²) in [6.45, 7) is 3.26. The summed E-state index contributed by atoms with van der Waals surface area (Å²) in [5, 5.41) is 16.1. The first-order valence-electron chi connectivity index (χ1n) is 9.66. The molecule has 158 valence electrons. The normalized spacial score (nSPS) is 16.5. The first-order valence-corrected chi connectivity index (χ1v) is 10.0. The third-order valence-electron chi connectivity index (χ3n) is 5.25. The Morgan fingerprint density at radius 2 is 2.00 bits per heavy atom. The smallest absolute Gasteiger partial charge is 0.229 e. The molecule has 0 saturated carbocycles. The third kappa shape index (κ3) is 3.85. The van der Waals surface area contributed by atoms with Crippen LogP contribution in [0, 0.1) is 12.8 Å². The molecule has 10 heteroatoms. The van der Waals surface area contributed by atoms with Gasteiger partial charge in [-0.15, -0.1) is 15.3 Å². The summed E-state index contributed by atoms with van der Waals surface area (Å²) < 4.78 is 12.3. The minimum absolute atomic E-state index is 0.0826. The lowest BCUT2D eigenvalue weighted by Crippen LogP contribution is -2.41. The number of hydrogen-bond donors (Lipinski definition) is 1. The van der Waals surface area contributed by atoms with Crippen LogP contribution >= 0.6 is 11.6 Å². The lowest BCUT2D eigenvalue weighted by Gasteiger charge is -2.32. The maximum absolute atomic E-state index is 13.0. The number of benzene rings is 1. The van der Waals surface area contributed by atoms with Crippen molar-refractivity contribution < 1.29 is 14.3 Å². The second kappa shape index (κ2) is 8.35. The molecule has 0 bridgehead atoms. The van der Waals surface area contributed by atoms with Crippen molar-refractivity contribution in [3.8, 4) is 11.5 Å². The molecule has 1 N–H and O–H groups in total. The molecule has 1 aromatic carbocycles. The predicted octanol–water partition coefficient (Wildman–Crippen LogP) is 2.96. The molecule has 1 saturated heterocycles. The van der Waals surface area contributed by atoms with Gasteiger partial charge in [0.2, 0.25) is 5.91 Å². The van der Waals surface area contributed by atoms with E-state index < -0.39 is 0 Å². The fraction of sp³-hybridized carbons (Fsp3) is 0.400. The standard InChI is InChI=1S/C20H23ClN6O3/c1-12-23-24-18-6-7-19(25-27(12)18)26-8-4-5-13(11-26)20(28)22-15-9-14(21)16(29-2)10-17(15)30-3/h6-7,9-10,13H,4-5,8,11H2,1-3H3,(H,22,28). The van der Waals surface area contributed by atoms with Gasteiger partial charge in [-0.3, -0.25) is 4.79 Å². The summed E-state index contributed by atoms with van der Waals surface area (Å²) in [6, 6.07) is 7.10. The van der Waals surface area contributed by atoms with Gasteiger partial charge in [0.1, 0.15) is 17.3 Å². The number of piperidine rings is 1. The van der Waals surface area contributed by atoms with Gasteiger partial charge in [0.15, 0.2) is 11.5 Å². The number of halogens is 1. The number of fused-ring (bicyclic) bond motifs is 1. The van der Waals surface area contributed by atoms with E-state index in [2.05, 4.69) is 25.5 Å². The maximum atomic E-state index is 13.0. The molecule has 2 aromatic heterocycles. The number of nitrogens with one attached hydrogen (secondary N) is 1. The second-order valence-electron chi connectivity index (χ2n) is 7.17. The summed E-state index contributed by atoms with van der Waals surface area (Å²) in [5.74, 6) is 2.23. The number of carbonyl (C=O) groups excluding carboxylic acids is 1. The van der Waals surface area contributed by atoms with E-state index in [1.807, 2.05) is 19.1 Å². The molecule has 1 aliphatic heterocycles. The van der Waals surface area contributed by atoms with Crippen LogP contribution in [0.15, 0.2) is 24.3 Å². The van der Waals surface area contributed by atoms with E-state index in [0.717, 1.165) is 31.0 Å². The minimum atomic E-state index is -0.191. The largest absolute Gasteiger partial charge is 0.495 e. The number of aromatic nitrogens is 4. The summed E-state index contributed by atoms with van der Waals surface area (Å²) in [7, 11) is 3.07. The zero-order valence-corrected chi connectivity index (χ0v) is 17.8. The van der Waals surface area contributed by atoms with Crippen LogP contribution in [0.3, 0.4) is 0 Å². The van der Waals surface area contributed by atoms with Crippen molar-refractivity contribution >= 4 is 34.7 Å². The van der Waals surface area contributed by atoms with Crippen molar-refractivity contribution in [2.24, 2.45) is 5.92 Å². The highest BCUT2D eigenvalue weighted by atomic mass is 35.5. The van der Waals surface area contributed by atoms with Gasteiger partial charge < -0.3 is 19.7 Å². The summed E-state index contributed by atoms with van der Waals surface area (Å²) in [4.78, 5) is 15.1. The van der Waals surface area contributed by atoms with Gasteiger partial charge in [-0.25, -0.2) is 0 Å². The van der Waals surface area contributed by atoms with Gasteiger partial charge in [-0.2, -0.15) is 4.52 Å². The van der Waals surface area contributed by atoms with Crippen LogP contribution in [-0.4, -0.2) is 53.0 Å². The Kier molecular flexibility index (Phi) is 5.63. The van der Waals surface area contributed by atoms with Gasteiger partial charge >= 0.3 is 0 Å². The number of ether oxygens (including phenoxy) is 2. The first-order chi connectivity index (χ1) is 14.5. The van der Waals surface area contributed by atoms with Crippen molar-refractivity contribution in [2.75, 3.05) is 37.5 Å². The molecule has 0 aliphatic carbocycles. The molecule has 0 radical (unpaired) electrons. The molecule has 1 unspecified atom stereocenters. The summed E-state index contributed by atoms with van der Waals surface area (Å²) in [6.07, 6.45) is 1.68. The fourth-order valence-electron chi connectivity index (χ4n) is 3.65. The van der Waals surface area contributed by atoms with Crippen molar-refractivity contribution in [1.82, 2.24) is 19.8 Å². The van der Waals surface area contributed by atoms with E-state index in [0.29, 0.717) is 34.4 Å². The number of methoxy groups -OCH3 is 2. The zero-order chi connectivity index (χ0) is 21.3. The third-order valence-corrected chi connectivity index (χ3v) is 5.55. The van der Waals surface area contributed by atoms with Crippen LogP contribution in [0.25, 0.3) is 5.65 Å². The number of anilines is 2. The maximum Gasteiger partial charge on any atom is 0.229 e. The minimum Gasteiger partial charge on any atom is -0.495 e. The molecular formula is C20H23ClN6O3. The van der Waals surface area contributed by atoms with E-state index in [1.165, 1.54) is 14.2 Å². The molecule has 1 amide bonds. The van der Waals surface area contributed by atoms with E-state index in [-0.39, 0.29) is 11.8 Å². The van der Waals surface area contributed by atoms with Crippen LogP contribution in [0.2, 0.25) is 5.02 Å². The molecule has 9 nitrogen and oxygen atoms in total. The predicted molar refractivity (Wildman–Crippen MR) is 114 cm³/mol. The number of carbonyl (C=O) groups is 1. The molecule has 1 fully saturated rings. The van der Waals surface area contributed by atoms with E-state index >= 15 is 0 Å². The van der Waals surface area contributed by atoms with Crippen molar-refractivity contribution in [2.45, 2.75) is 19.8 Å². The quantitative estimate of drug-likeness (QED) is 0.665. The van der Waals surface area contributed by atoms with E-state index in [1.54, 1.807) is 16.6 Å². The van der Waals surface area contributed by atoms with E-state index in [9.17, 15) is 4.79 Å². The Morgan fingerprint density at radius 1 is 1.20 bits per heavy atom. The Bertz CT molecular complexity index is 1090. The van der Waals surface area contributed by atoms with E-state index in [4.69, 9.17) is 21.1 Å². The van der Waals surface area contributed by atoms with Gasteiger partial charge in [0.05, 0.1) is 30.8 Å². The highest BCUT2D eigenvalue weighted by Gasteiger charge is 2.28. The van der Waals surface area contributed by atoms with Crippen LogP contribution in [0.1, 0.15) is 18.7 Å². The molecule has 1 atom stereocenters. The first kappa shape index (κ1) is 20.2. The highest BCUT2D eigenvalue weighted by Crippen LogP contribution is 2.36. The van der Waals surface area contributed by atoms with Gasteiger partial charge in [0, 0.05) is 19.2 Å². The Labute approximate surface area is 178 Å². The van der Waals surface area contributed by atoms with Crippen LogP contribution in [0.5, 0.6) is 11.5 Å². The number of aryl methyl sites for hydroxylation is 1. The Balaban J connectivity index is 1.51. The Hall–Kier alpha value is -3.07. The molecule has 30 heavy (non-hydrogen) atoms. The van der Waals surface area contributed by atoms with Gasteiger partial charge in [-0.05, 0) is 38.0 Å². The molecule has 0 spiro atoms. The lowest BCUT2D eigenvalue weighted by molar-refractivity contribution is -0.120. The van der Waals surface area contributed by atoms with Crippen LogP contribution in [0.4, 0.5) is 11.5 Å². The highest BCUT2D eigenvalue weighted by molar-refractivity contribution is 6.32. The molecular weight excluding hydrogens is 408 g/mol. The fourth-order valence-corrected chi connectivity index (χ4v) is 3.89. The van der Waals surface area contributed by atoms with Crippen LogP contribution < -0.4 is 19.7 Å². The molecule has 4 rings (SSSR count). The lowest BCUT2D eigenvalue weighted by atomic mass is 9.97. The van der Waals surface area contributed by atoms with Crippen molar-refractivity contribution in [1.29, 1.82) is 0 Å². The number of amides is 1. The monoisotopic (exact) mass is 430 g/mol. The molecule has 1 aliphatic rings. The van der Waals surface area contributed by atoms with Crippen LogP contribution in [-0.2, 0) is 4.79 Å². The number of rotatable bonds is 5. The number of nitrogens with zero attached hydrogens (tertiary/aromatic N) is 5. The van der Waals surface area contributed by atoms with Gasteiger partial charge in [-0.1, -0.05) is 11.6 Å². The zero-order valence-electron chi connectivity index (χ0n) is 17.1. The average Bonchev–Trinajstić information content (AvgIpc) is 3.14. The number of hydrogen-bond acceptors (Lipinski definition) is 7. The molecule has 3 heterocycles. The van der Waals surface area contributed by atoms with Gasteiger partial charge in [0.25, 0.3) is 0 Å². The SMILES string of the molecule is COc1cc(OC)c(NC(=O)C2CCCN(c3ccc4nnc(C)n4n3)C2)cc1Cl. The summed E-state index contributed by atoms with van der Waals surface area (Å²) in [5.41, 5.74) is 1.22. The summed E-state index contributed by atoms with van der Waals surface area (Å²) >= 11 is 6.22. The Morgan fingerprint density at radius 3 is 2.77 bits per heavy atom. The molecule has 3 aromatic rings. The second-order valence-corrected chi connectivity index (χ2v) is 7.58. The van der Waals surface area contributed by atoms with Crippen molar-refractivity contribution in [3.63, 3.8) is 0 Å². The average molecular weight is 431 g/mol. The van der Waals surface area contributed by atoms with Crippen molar-refractivity contribution in [3.05, 3.63) is 35.1 Å².